The van der Waals surface area contributed by atoms with Crippen LogP contribution in [0.5, 0.6) is 0 Å². The van der Waals surface area contributed by atoms with Gasteiger partial charge in [0, 0.05) is 19.4 Å². The lowest BCUT2D eigenvalue weighted by atomic mass is 10.1. The Bertz CT molecular complexity index is 371. The zero-order chi connectivity index (χ0) is 15.5. The van der Waals surface area contributed by atoms with Gasteiger partial charge in [0.25, 0.3) is 0 Å². The quantitative estimate of drug-likeness (QED) is 0.333. The number of urea groups is 1. The summed E-state index contributed by atoms with van der Waals surface area (Å²) in [5.41, 5.74) is 4.94. The summed E-state index contributed by atoms with van der Waals surface area (Å²) in [6.45, 7) is 0.268. The number of rotatable bonds is 10. The molecule has 0 saturated heterocycles. The number of aliphatic carboxylic acids is 2. The van der Waals surface area contributed by atoms with Crippen molar-refractivity contribution in [2.24, 2.45) is 5.73 Å². The average Bonchev–Trinajstić information content (AvgIpc) is 2.32. The van der Waals surface area contributed by atoms with Crippen LogP contribution in [0.1, 0.15) is 32.1 Å². The van der Waals surface area contributed by atoms with Crippen molar-refractivity contribution >= 4 is 23.9 Å². The van der Waals surface area contributed by atoms with Crippen molar-refractivity contribution in [2.45, 2.75) is 38.1 Å². The van der Waals surface area contributed by atoms with Crippen molar-refractivity contribution < 1.29 is 29.4 Å². The van der Waals surface area contributed by atoms with Gasteiger partial charge in [-0.05, 0) is 19.3 Å². The fourth-order valence-electron chi connectivity index (χ4n) is 1.36. The second-order valence-corrected chi connectivity index (χ2v) is 4.15. The molecule has 0 radical (unpaired) electrons. The predicted octanol–water partition coefficient (Wildman–Crippen LogP) is -0.741. The summed E-state index contributed by atoms with van der Waals surface area (Å²) < 4.78 is 0. The van der Waals surface area contributed by atoms with E-state index in [-0.39, 0.29) is 25.8 Å². The summed E-state index contributed by atoms with van der Waals surface area (Å²) in [6.07, 6.45) is 0.732. The van der Waals surface area contributed by atoms with Gasteiger partial charge >= 0.3 is 18.0 Å². The third-order valence-corrected chi connectivity index (χ3v) is 2.39. The van der Waals surface area contributed by atoms with Crippen LogP contribution in [0.25, 0.3) is 0 Å². The molecular weight excluding hydrogens is 270 g/mol. The smallest absolute Gasteiger partial charge is 0.326 e. The van der Waals surface area contributed by atoms with Crippen LogP contribution in [0.4, 0.5) is 4.79 Å². The molecule has 0 rings (SSSR count). The fourth-order valence-corrected chi connectivity index (χ4v) is 1.36. The van der Waals surface area contributed by atoms with Crippen LogP contribution in [0.15, 0.2) is 0 Å². The average molecular weight is 289 g/mol. The highest BCUT2D eigenvalue weighted by Crippen LogP contribution is 1.98. The Morgan fingerprint density at radius 3 is 2.20 bits per heavy atom. The van der Waals surface area contributed by atoms with E-state index in [2.05, 4.69) is 10.6 Å². The van der Waals surface area contributed by atoms with Crippen LogP contribution in [0, 0.1) is 0 Å². The number of carboxylic acids is 2. The van der Waals surface area contributed by atoms with Gasteiger partial charge in [-0.25, -0.2) is 9.59 Å². The molecule has 0 aliphatic carbocycles. The number of carboxylic acid groups (broad SMARTS) is 2. The van der Waals surface area contributed by atoms with Gasteiger partial charge in [0.2, 0.25) is 5.91 Å². The molecule has 6 N–H and O–H groups in total. The summed E-state index contributed by atoms with van der Waals surface area (Å²) in [5.74, 6) is -2.85. The van der Waals surface area contributed by atoms with Gasteiger partial charge in [-0.2, -0.15) is 0 Å². The Balaban J connectivity index is 3.92. The van der Waals surface area contributed by atoms with E-state index in [9.17, 15) is 19.2 Å². The Labute approximate surface area is 115 Å². The highest BCUT2D eigenvalue weighted by atomic mass is 16.4. The second-order valence-electron chi connectivity index (χ2n) is 4.15. The van der Waals surface area contributed by atoms with Gasteiger partial charge in [0.1, 0.15) is 6.04 Å². The number of unbranched alkanes of at least 4 members (excludes halogenated alkanes) is 1. The third-order valence-electron chi connectivity index (χ3n) is 2.39. The minimum absolute atomic E-state index is 0.195. The normalized spacial score (nSPS) is 11.4. The lowest BCUT2D eigenvalue weighted by Crippen LogP contribution is -2.46. The summed E-state index contributed by atoms with van der Waals surface area (Å²) in [5, 5.41) is 21.9. The molecule has 0 aromatic heterocycles. The monoisotopic (exact) mass is 289 g/mol. The first-order valence-electron chi connectivity index (χ1n) is 6.10. The van der Waals surface area contributed by atoms with Gasteiger partial charge in [0.05, 0.1) is 0 Å². The summed E-state index contributed by atoms with van der Waals surface area (Å²) in [7, 11) is 0. The zero-order valence-corrected chi connectivity index (χ0v) is 10.9. The summed E-state index contributed by atoms with van der Waals surface area (Å²) in [6, 6.07) is -1.95. The first-order chi connectivity index (χ1) is 9.32. The second kappa shape index (κ2) is 9.59. The molecule has 0 fully saturated rings. The van der Waals surface area contributed by atoms with Crippen molar-refractivity contribution in [3.05, 3.63) is 0 Å². The highest BCUT2D eigenvalue weighted by Gasteiger charge is 2.20. The Morgan fingerprint density at radius 1 is 1.05 bits per heavy atom. The number of nitrogens with one attached hydrogen (secondary N) is 2. The standard InChI is InChI=1S/C11H19N3O6/c12-8(15)3-1-2-6-13-11(20)14-7(10(18)19)4-5-9(16)17/h7H,1-6H2,(H2,12,15)(H,16,17)(H,18,19)(H2,13,14,20). The lowest BCUT2D eigenvalue weighted by Gasteiger charge is -2.14. The van der Waals surface area contributed by atoms with E-state index in [0.29, 0.717) is 12.8 Å². The molecule has 9 nitrogen and oxygen atoms in total. The number of carbonyl (C=O) groups is 4. The largest absolute Gasteiger partial charge is 0.481 e. The maximum absolute atomic E-state index is 11.4. The topological polar surface area (TPSA) is 159 Å². The van der Waals surface area contributed by atoms with Crippen LogP contribution >= 0.6 is 0 Å². The molecular formula is C11H19N3O6. The molecule has 9 heteroatoms. The molecule has 0 spiro atoms. The van der Waals surface area contributed by atoms with Crippen molar-refractivity contribution in [2.75, 3.05) is 6.54 Å². The molecule has 0 saturated carbocycles. The Kier molecular flexibility index (Phi) is 8.48. The predicted molar refractivity (Wildman–Crippen MR) is 67.9 cm³/mol. The van der Waals surface area contributed by atoms with Crippen molar-refractivity contribution in [1.82, 2.24) is 10.6 Å². The number of primary amides is 1. The van der Waals surface area contributed by atoms with E-state index in [0.717, 1.165) is 0 Å². The van der Waals surface area contributed by atoms with Crippen LogP contribution in [-0.2, 0) is 14.4 Å². The van der Waals surface area contributed by atoms with Gasteiger partial charge < -0.3 is 26.6 Å². The van der Waals surface area contributed by atoms with Crippen molar-refractivity contribution in [3.8, 4) is 0 Å². The summed E-state index contributed by atoms with van der Waals surface area (Å²) >= 11 is 0. The first-order valence-corrected chi connectivity index (χ1v) is 6.10. The molecule has 0 bridgehead atoms. The number of hydrogen-bond donors (Lipinski definition) is 5. The van der Waals surface area contributed by atoms with Crippen molar-refractivity contribution in [3.63, 3.8) is 0 Å². The number of amides is 3. The maximum atomic E-state index is 11.4. The lowest BCUT2D eigenvalue weighted by molar-refractivity contribution is -0.140. The van der Waals surface area contributed by atoms with E-state index in [1.54, 1.807) is 0 Å². The Morgan fingerprint density at radius 2 is 1.70 bits per heavy atom. The van der Waals surface area contributed by atoms with Gasteiger partial charge in [0.15, 0.2) is 0 Å². The molecule has 20 heavy (non-hydrogen) atoms. The minimum atomic E-state index is -1.30. The van der Waals surface area contributed by atoms with Crippen LogP contribution in [-0.4, -0.2) is 46.7 Å². The molecule has 114 valence electrons. The third kappa shape index (κ3) is 9.68. The first kappa shape index (κ1) is 17.7. The molecule has 3 amide bonds. The molecule has 0 aliphatic rings. The molecule has 0 heterocycles. The minimum Gasteiger partial charge on any atom is -0.481 e. The highest BCUT2D eigenvalue weighted by molar-refractivity contribution is 5.83. The van der Waals surface area contributed by atoms with Gasteiger partial charge in [-0.15, -0.1) is 0 Å². The molecule has 0 aromatic carbocycles. The van der Waals surface area contributed by atoms with Crippen LogP contribution < -0.4 is 16.4 Å². The molecule has 0 aromatic rings. The zero-order valence-electron chi connectivity index (χ0n) is 10.9. The fraction of sp³-hybridized carbons (Fsp3) is 0.636. The van der Waals surface area contributed by atoms with Gasteiger partial charge in [-0.3, -0.25) is 9.59 Å². The molecule has 1 atom stereocenters. The van der Waals surface area contributed by atoms with Crippen LogP contribution in [0.2, 0.25) is 0 Å². The summed E-state index contributed by atoms with van der Waals surface area (Å²) in [4.78, 5) is 43.0. The SMILES string of the molecule is NC(=O)CCCCNC(=O)NC(CCC(=O)O)C(=O)O. The van der Waals surface area contributed by atoms with Crippen molar-refractivity contribution in [1.29, 1.82) is 0 Å². The number of hydrogen-bond acceptors (Lipinski definition) is 4. The molecule has 0 aliphatic heterocycles. The van der Waals surface area contributed by atoms with Gasteiger partial charge in [-0.1, -0.05) is 0 Å². The van der Waals surface area contributed by atoms with E-state index < -0.39 is 29.9 Å². The number of nitrogens with two attached hydrogens (primary N) is 1. The maximum Gasteiger partial charge on any atom is 0.326 e. The molecule has 1 unspecified atom stereocenters. The van der Waals surface area contributed by atoms with E-state index in [1.807, 2.05) is 0 Å². The van der Waals surface area contributed by atoms with E-state index >= 15 is 0 Å². The Hall–Kier alpha value is -2.32. The van der Waals surface area contributed by atoms with E-state index in [4.69, 9.17) is 15.9 Å². The van der Waals surface area contributed by atoms with E-state index in [1.165, 1.54) is 0 Å². The number of carbonyl (C=O) groups excluding carboxylic acids is 2. The van der Waals surface area contributed by atoms with Crippen LogP contribution in [0.3, 0.4) is 0 Å².